The highest BCUT2D eigenvalue weighted by Crippen LogP contribution is 2.20. The Morgan fingerprint density at radius 3 is 2.60 bits per heavy atom. The summed E-state index contributed by atoms with van der Waals surface area (Å²) < 4.78 is 0. The van der Waals surface area contributed by atoms with E-state index < -0.39 is 0 Å². The smallest absolute Gasteiger partial charge is 0.254 e. The predicted octanol–water partition coefficient (Wildman–Crippen LogP) is 2.53. The van der Waals surface area contributed by atoms with Crippen molar-refractivity contribution in [3.63, 3.8) is 0 Å². The van der Waals surface area contributed by atoms with E-state index >= 15 is 0 Å². The molecular formula is C11H18N2OS. The third-order valence-electron chi connectivity index (χ3n) is 2.44. The maximum atomic E-state index is 11.7. The van der Waals surface area contributed by atoms with Gasteiger partial charge in [-0.3, -0.25) is 4.79 Å². The molecule has 0 amide bonds. The average Bonchev–Trinajstić information content (AvgIpc) is 2.17. The van der Waals surface area contributed by atoms with Crippen LogP contribution < -0.4 is 5.56 Å². The molecule has 0 aromatic carbocycles. The van der Waals surface area contributed by atoms with E-state index in [1.807, 2.05) is 13.8 Å². The maximum absolute atomic E-state index is 11.7. The third kappa shape index (κ3) is 3.09. The van der Waals surface area contributed by atoms with E-state index in [-0.39, 0.29) is 5.56 Å². The number of nitrogens with one attached hydrogen (secondary N) is 1. The largest absolute Gasteiger partial charge is 0.301 e. The summed E-state index contributed by atoms with van der Waals surface area (Å²) in [5.74, 6) is 0. The first-order valence-electron chi connectivity index (χ1n) is 5.34. The normalized spacial score (nSPS) is 12.8. The molecule has 1 rings (SSSR count). The van der Waals surface area contributed by atoms with Crippen LogP contribution in [0.3, 0.4) is 0 Å². The number of H-pyrrole nitrogens is 1. The molecule has 1 N–H and O–H groups in total. The van der Waals surface area contributed by atoms with Gasteiger partial charge in [-0.1, -0.05) is 32.5 Å². The van der Waals surface area contributed by atoms with Gasteiger partial charge in [0.2, 0.25) is 0 Å². The number of rotatable bonds is 4. The van der Waals surface area contributed by atoms with Crippen LogP contribution in [0.25, 0.3) is 0 Å². The third-order valence-corrected chi connectivity index (χ3v) is 3.59. The topological polar surface area (TPSA) is 45.8 Å². The second-order valence-corrected chi connectivity index (χ2v) is 5.05. The van der Waals surface area contributed by atoms with Crippen LogP contribution in [0.2, 0.25) is 0 Å². The van der Waals surface area contributed by atoms with E-state index in [0.717, 1.165) is 29.3 Å². The van der Waals surface area contributed by atoms with Gasteiger partial charge < -0.3 is 4.98 Å². The van der Waals surface area contributed by atoms with Gasteiger partial charge in [0.15, 0.2) is 5.16 Å². The van der Waals surface area contributed by atoms with E-state index in [4.69, 9.17) is 0 Å². The van der Waals surface area contributed by atoms with Crippen molar-refractivity contribution < 1.29 is 0 Å². The molecule has 0 radical (unpaired) electrons. The van der Waals surface area contributed by atoms with Crippen molar-refractivity contribution in [2.75, 3.05) is 0 Å². The molecule has 0 saturated heterocycles. The van der Waals surface area contributed by atoms with Gasteiger partial charge in [0.25, 0.3) is 5.56 Å². The molecule has 4 heteroatoms. The molecule has 0 aliphatic carbocycles. The number of nitrogens with zero attached hydrogens (tertiary/aromatic N) is 1. The molecule has 0 unspecified atom stereocenters. The lowest BCUT2D eigenvalue weighted by Crippen LogP contribution is -2.17. The lowest BCUT2D eigenvalue weighted by molar-refractivity contribution is 0.840. The Morgan fingerprint density at radius 2 is 2.13 bits per heavy atom. The summed E-state index contributed by atoms with van der Waals surface area (Å²) in [6.07, 6.45) is 1.81. The highest BCUT2D eigenvalue weighted by atomic mass is 32.2. The highest BCUT2D eigenvalue weighted by molar-refractivity contribution is 7.99. The summed E-state index contributed by atoms with van der Waals surface area (Å²) in [6.45, 7) is 8.13. The van der Waals surface area contributed by atoms with Crippen molar-refractivity contribution in [2.24, 2.45) is 0 Å². The van der Waals surface area contributed by atoms with Crippen LogP contribution in [0.15, 0.2) is 9.95 Å². The van der Waals surface area contributed by atoms with Gasteiger partial charge in [0.1, 0.15) is 0 Å². The average molecular weight is 226 g/mol. The van der Waals surface area contributed by atoms with Crippen LogP contribution in [0.4, 0.5) is 0 Å². The molecule has 3 nitrogen and oxygen atoms in total. The minimum atomic E-state index is 0.0100. The zero-order chi connectivity index (χ0) is 11.4. The molecule has 1 atom stereocenters. The first-order chi connectivity index (χ1) is 7.08. The number of hydrogen-bond donors (Lipinski definition) is 1. The number of aryl methyl sites for hydroxylation is 1. The van der Waals surface area contributed by atoms with Crippen molar-refractivity contribution >= 4 is 11.8 Å². The number of aromatic nitrogens is 2. The van der Waals surface area contributed by atoms with E-state index in [2.05, 4.69) is 23.8 Å². The minimum absolute atomic E-state index is 0.0100. The van der Waals surface area contributed by atoms with Gasteiger partial charge in [0.05, 0.1) is 0 Å². The summed E-state index contributed by atoms with van der Waals surface area (Å²) in [7, 11) is 0. The van der Waals surface area contributed by atoms with Crippen LogP contribution in [-0.4, -0.2) is 15.2 Å². The second kappa shape index (κ2) is 5.35. The number of hydrogen-bond acceptors (Lipinski definition) is 3. The number of aromatic amines is 1. The van der Waals surface area contributed by atoms with Crippen molar-refractivity contribution in [2.45, 2.75) is 50.9 Å². The molecule has 15 heavy (non-hydrogen) atoms. The SMILES string of the molecule is CCc1c(C)nc(S[C@H](C)CC)[nH]c1=O. The van der Waals surface area contributed by atoms with E-state index in [1.54, 1.807) is 11.8 Å². The van der Waals surface area contributed by atoms with Crippen molar-refractivity contribution in [1.82, 2.24) is 9.97 Å². The molecule has 1 aromatic heterocycles. The Balaban J connectivity index is 2.99. The Kier molecular flexibility index (Phi) is 4.39. The molecule has 0 aliphatic rings. The molecule has 0 fully saturated rings. The highest BCUT2D eigenvalue weighted by Gasteiger charge is 2.08. The van der Waals surface area contributed by atoms with Crippen LogP contribution in [0, 0.1) is 6.92 Å². The van der Waals surface area contributed by atoms with Gasteiger partial charge in [-0.05, 0) is 19.8 Å². The zero-order valence-corrected chi connectivity index (χ0v) is 10.6. The molecule has 0 spiro atoms. The standard InChI is InChI=1S/C11H18N2OS/c1-5-7(3)15-11-12-8(4)9(6-2)10(14)13-11/h7H,5-6H2,1-4H3,(H,12,13,14)/t7-/m1/s1. The first-order valence-corrected chi connectivity index (χ1v) is 6.22. The summed E-state index contributed by atoms with van der Waals surface area (Å²) in [6, 6.07) is 0. The minimum Gasteiger partial charge on any atom is -0.301 e. The monoisotopic (exact) mass is 226 g/mol. The van der Waals surface area contributed by atoms with E-state index in [9.17, 15) is 4.79 Å². The molecule has 0 saturated carbocycles. The van der Waals surface area contributed by atoms with Gasteiger partial charge in [-0.2, -0.15) is 0 Å². The molecular weight excluding hydrogens is 208 g/mol. The Bertz CT molecular complexity index is 387. The summed E-state index contributed by atoms with van der Waals surface area (Å²) in [4.78, 5) is 18.9. The Labute approximate surface area is 94.7 Å². The number of thioether (sulfide) groups is 1. The fourth-order valence-corrected chi connectivity index (χ4v) is 2.22. The van der Waals surface area contributed by atoms with Gasteiger partial charge in [-0.25, -0.2) is 4.98 Å². The quantitative estimate of drug-likeness (QED) is 0.634. The van der Waals surface area contributed by atoms with Crippen molar-refractivity contribution in [3.05, 3.63) is 21.6 Å². The van der Waals surface area contributed by atoms with Crippen LogP contribution in [-0.2, 0) is 6.42 Å². The fourth-order valence-electron chi connectivity index (χ4n) is 1.33. The Morgan fingerprint density at radius 1 is 1.47 bits per heavy atom. The molecule has 0 aliphatic heterocycles. The summed E-state index contributed by atoms with van der Waals surface area (Å²) in [5, 5.41) is 1.23. The molecule has 1 aromatic rings. The van der Waals surface area contributed by atoms with Crippen LogP contribution in [0.5, 0.6) is 0 Å². The van der Waals surface area contributed by atoms with Crippen LogP contribution in [0.1, 0.15) is 38.4 Å². The fraction of sp³-hybridized carbons (Fsp3) is 0.636. The van der Waals surface area contributed by atoms with E-state index in [0.29, 0.717) is 5.25 Å². The maximum Gasteiger partial charge on any atom is 0.254 e. The lowest BCUT2D eigenvalue weighted by Gasteiger charge is -2.08. The molecule has 0 bridgehead atoms. The first kappa shape index (κ1) is 12.3. The van der Waals surface area contributed by atoms with Gasteiger partial charge in [-0.15, -0.1) is 0 Å². The Hall–Kier alpha value is -0.770. The molecule has 84 valence electrons. The zero-order valence-electron chi connectivity index (χ0n) is 9.76. The van der Waals surface area contributed by atoms with Gasteiger partial charge >= 0.3 is 0 Å². The van der Waals surface area contributed by atoms with Crippen molar-refractivity contribution in [3.8, 4) is 0 Å². The predicted molar refractivity (Wildman–Crippen MR) is 64.6 cm³/mol. The van der Waals surface area contributed by atoms with Crippen LogP contribution >= 0.6 is 11.8 Å². The lowest BCUT2D eigenvalue weighted by atomic mass is 10.2. The summed E-state index contributed by atoms with van der Waals surface area (Å²) >= 11 is 1.62. The van der Waals surface area contributed by atoms with E-state index in [1.165, 1.54) is 0 Å². The second-order valence-electron chi connectivity index (χ2n) is 3.63. The summed E-state index contributed by atoms with van der Waals surface area (Å²) in [5.41, 5.74) is 1.66. The molecule has 1 heterocycles. The van der Waals surface area contributed by atoms with Gasteiger partial charge in [0, 0.05) is 16.5 Å². The van der Waals surface area contributed by atoms with Crippen molar-refractivity contribution in [1.29, 1.82) is 0 Å².